The van der Waals surface area contributed by atoms with E-state index in [1.54, 1.807) is 0 Å². The Kier molecular flexibility index (Phi) is 4.15. The van der Waals surface area contributed by atoms with Crippen molar-refractivity contribution >= 4 is 29.1 Å². The van der Waals surface area contributed by atoms with Gasteiger partial charge in [0.1, 0.15) is 4.33 Å². The van der Waals surface area contributed by atoms with Crippen LogP contribution < -0.4 is 5.32 Å². The topological polar surface area (TPSA) is 32.3 Å². The molecule has 2 unspecified atom stereocenters. The van der Waals surface area contributed by atoms with Gasteiger partial charge in [-0.05, 0) is 39.7 Å². The number of nitrogens with one attached hydrogen (secondary N) is 1. The lowest BCUT2D eigenvalue weighted by Crippen LogP contribution is -2.44. The highest BCUT2D eigenvalue weighted by Gasteiger charge is 2.67. The molecule has 2 aliphatic rings. The molecule has 0 bridgehead atoms. The Hall–Kier alpha value is 0.01000. The molecule has 1 aliphatic carbocycles. The summed E-state index contributed by atoms with van der Waals surface area (Å²) in [4.78, 5) is 14.4. The number of halogens is 2. The van der Waals surface area contributed by atoms with Crippen molar-refractivity contribution < 1.29 is 4.79 Å². The van der Waals surface area contributed by atoms with Gasteiger partial charge in [0.05, 0.1) is 5.41 Å². The second kappa shape index (κ2) is 5.18. The molecule has 3 nitrogen and oxygen atoms in total. The molecule has 0 spiro atoms. The smallest absolute Gasteiger partial charge is 0.229 e. The molecule has 2 fully saturated rings. The number of carbonyl (C=O) groups is 1. The summed E-state index contributed by atoms with van der Waals surface area (Å²) in [5, 5.41) is 2.96. The Labute approximate surface area is 119 Å². The Bertz CT molecular complexity index is 335. The summed E-state index contributed by atoms with van der Waals surface area (Å²) >= 11 is 12.0. The van der Waals surface area contributed by atoms with Crippen LogP contribution in [0.3, 0.4) is 0 Å². The molecule has 1 saturated heterocycles. The van der Waals surface area contributed by atoms with Gasteiger partial charge in [-0.1, -0.05) is 6.42 Å². The average molecular weight is 293 g/mol. The molecule has 0 aromatic heterocycles. The van der Waals surface area contributed by atoms with Crippen molar-refractivity contribution in [2.75, 3.05) is 19.6 Å². The number of carbonyl (C=O) groups excluding carboxylic acids is 1. The highest BCUT2D eigenvalue weighted by atomic mass is 35.5. The highest BCUT2D eigenvalue weighted by Crippen LogP contribution is 2.63. The van der Waals surface area contributed by atoms with Crippen LogP contribution in [0.15, 0.2) is 0 Å². The zero-order valence-corrected chi connectivity index (χ0v) is 12.7. The Balaban J connectivity index is 1.71. The summed E-state index contributed by atoms with van der Waals surface area (Å²) < 4.78 is -0.866. The molecule has 0 aromatic rings. The summed E-state index contributed by atoms with van der Waals surface area (Å²) in [6, 6.07) is 0.632. The molecule has 104 valence electrons. The van der Waals surface area contributed by atoms with E-state index in [0.29, 0.717) is 19.0 Å². The van der Waals surface area contributed by atoms with Crippen LogP contribution in [0.4, 0.5) is 0 Å². The number of amides is 1. The standard InChI is InChI=1S/C13H22Cl2N2O/c1-10-5-3-4-7-17(10)8-6-16-11(18)12(2)9-13(12,14)15/h10H,3-9H2,1-2H3,(H,16,18). The monoisotopic (exact) mass is 292 g/mol. The lowest BCUT2D eigenvalue weighted by Gasteiger charge is -2.33. The molecular formula is C13H22Cl2N2O. The van der Waals surface area contributed by atoms with Crippen LogP contribution in [0.5, 0.6) is 0 Å². The predicted octanol–water partition coefficient (Wildman–Crippen LogP) is 2.56. The van der Waals surface area contributed by atoms with Crippen molar-refractivity contribution in [3.05, 3.63) is 0 Å². The van der Waals surface area contributed by atoms with Crippen molar-refractivity contribution in [2.45, 2.75) is 49.9 Å². The minimum absolute atomic E-state index is 0.0165. The molecule has 2 rings (SSSR count). The van der Waals surface area contributed by atoms with Crippen molar-refractivity contribution in [1.29, 1.82) is 0 Å². The quantitative estimate of drug-likeness (QED) is 0.808. The van der Waals surface area contributed by atoms with Gasteiger partial charge >= 0.3 is 0 Å². The molecule has 1 heterocycles. The van der Waals surface area contributed by atoms with E-state index >= 15 is 0 Å². The lowest BCUT2D eigenvalue weighted by atomic mass is 10.0. The van der Waals surface area contributed by atoms with Crippen molar-refractivity contribution in [2.24, 2.45) is 5.41 Å². The van der Waals surface area contributed by atoms with Crippen LogP contribution in [0.2, 0.25) is 0 Å². The van der Waals surface area contributed by atoms with Crippen molar-refractivity contribution in [1.82, 2.24) is 10.2 Å². The number of nitrogens with zero attached hydrogens (tertiary/aromatic N) is 1. The minimum atomic E-state index is -0.866. The molecule has 0 aromatic carbocycles. The Morgan fingerprint density at radius 3 is 2.67 bits per heavy atom. The largest absolute Gasteiger partial charge is 0.354 e. The average Bonchev–Trinajstić information content (AvgIpc) is 2.82. The first-order valence-electron chi connectivity index (χ1n) is 6.77. The van der Waals surface area contributed by atoms with Gasteiger partial charge in [-0.15, -0.1) is 23.2 Å². The van der Waals surface area contributed by atoms with Gasteiger partial charge < -0.3 is 5.32 Å². The van der Waals surface area contributed by atoms with Gasteiger partial charge in [-0.2, -0.15) is 0 Å². The van der Waals surface area contributed by atoms with Crippen molar-refractivity contribution in [3.63, 3.8) is 0 Å². The van der Waals surface area contributed by atoms with E-state index in [1.807, 2.05) is 6.92 Å². The third kappa shape index (κ3) is 2.78. The zero-order chi connectivity index (χ0) is 13.4. The second-order valence-electron chi connectivity index (χ2n) is 5.85. The predicted molar refractivity (Wildman–Crippen MR) is 75.1 cm³/mol. The molecule has 1 saturated carbocycles. The summed E-state index contributed by atoms with van der Waals surface area (Å²) in [7, 11) is 0. The summed E-state index contributed by atoms with van der Waals surface area (Å²) in [6.07, 6.45) is 4.40. The first kappa shape index (κ1) is 14.4. The fourth-order valence-electron chi connectivity index (χ4n) is 2.64. The van der Waals surface area contributed by atoms with Crippen LogP contribution >= 0.6 is 23.2 Å². The maximum Gasteiger partial charge on any atom is 0.229 e. The van der Waals surface area contributed by atoms with E-state index < -0.39 is 9.75 Å². The summed E-state index contributed by atoms with van der Waals surface area (Å²) in [5.41, 5.74) is -0.594. The highest BCUT2D eigenvalue weighted by molar-refractivity contribution is 6.53. The fraction of sp³-hybridized carbons (Fsp3) is 0.923. The number of hydrogen-bond donors (Lipinski definition) is 1. The van der Waals surface area contributed by atoms with E-state index in [4.69, 9.17) is 23.2 Å². The van der Waals surface area contributed by atoms with Crippen LogP contribution in [0.1, 0.15) is 39.5 Å². The van der Waals surface area contributed by atoms with Crippen LogP contribution in [-0.2, 0) is 4.79 Å². The van der Waals surface area contributed by atoms with E-state index in [9.17, 15) is 4.79 Å². The third-order valence-electron chi connectivity index (χ3n) is 4.38. The van der Waals surface area contributed by atoms with Gasteiger partial charge in [-0.25, -0.2) is 0 Å². The van der Waals surface area contributed by atoms with E-state index in [2.05, 4.69) is 17.1 Å². The van der Waals surface area contributed by atoms with E-state index in [-0.39, 0.29) is 5.91 Å². The molecule has 0 radical (unpaired) electrons. The summed E-state index contributed by atoms with van der Waals surface area (Å²) in [5.74, 6) is -0.0165. The number of alkyl halides is 2. The first-order valence-corrected chi connectivity index (χ1v) is 7.52. The van der Waals surface area contributed by atoms with Gasteiger partial charge in [0.25, 0.3) is 0 Å². The van der Waals surface area contributed by atoms with E-state index in [0.717, 1.165) is 13.1 Å². The number of hydrogen-bond acceptors (Lipinski definition) is 2. The zero-order valence-electron chi connectivity index (χ0n) is 11.1. The first-order chi connectivity index (χ1) is 8.37. The number of likely N-dealkylation sites (tertiary alicyclic amines) is 1. The van der Waals surface area contributed by atoms with Gasteiger partial charge in [-0.3, -0.25) is 9.69 Å². The van der Waals surface area contributed by atoms with Crippen LogP contribution in [0, 0.1) is 5.41 Å². The molecule has 1 N–H and O–H groups in total. The Morgan fingerprint density at radius 2 is 2.11 bits per heavy atom. The summed E-state index contributed by atoms with van der Waals surface area (Å²) in [6.45, 7) is 6.82. The molecule has 18 heavy (non-hydrogen) atoms. The molecule has 5 heteroatoms. The molecule has 2 atom stereocenters. The molecule has 1 aliphatic heterocycles. The van der Waals surface area contributed by atoms with Gasteiger partial charge in [0.2, 0.25) is 5.91 Å². The third-order valence-corrected chi connectivity index (χ3v) is 5.49. The van der Waals surface area contributed by atoms with Gasteiger partial charge in [0.15, 0.2) is 0 Å². The van der Waals surface area contributed by atoms with Crippen LogP contribution in [0.25, 0.3) is 0 Å². The number of piperidine rings is 1. The molecular weight excluding hydrogens is 271 g/mol. The molecule has 1 amide bonds. The van der Waals surface area contributed by atoms with Gasteiger partial charge in [0, 0.05) is 19.1 Å². The van der Waals surface area contributed by atoms with Crippen LogP contribution in [-0.4, -0.2) is 40.8 Å². The number of rotatable bonds is 4. The second-order valence-corrected chi connectivity index (χ2v) is 7.33. The lowest BCUT2D eigenvalue weighted by molar-refractivity contribution is -0.125. The SMILES string of the molecule is CC1CCCCN1CCNC(=O)C1(C)CC1(Cl)Cl. The maximum absolute atomic E-state index is 12.0. The minimum Gasteiger partial charge on any atom is -0.354 e. The fourth-order valence-corrected chi connectivity index (χ4v) is 3.35. The normalized spacial score (nSPS) is 35.2. The maximum atomic E-state index is 12.0. The Morgan fingerprint density at radius 1 is 1.44 bits per heavy atom. The van der Waals surface area contributed by atoms with E-state index in [1.165, 1.54) is 19.3 Å². The van der Waals surface area contributed by atoms with Crippen molar-refractivity contribution in [3.8, 4) is 0 Å².